The number of urea groups is 1. The molecule has 0 aliphatic carbocycles. The van der Waals surface area contributed by atoms with Crippen molar-refractivity contribution in [2.24, 2.45) is 5.73 Å². The second kappa shape index (κ2) is 7.14. The molecule has 2 aromatic carbocycles. The van der Waals surface area contributed by atoms with Crippen LogP contribution < -0.4 is 16.4 Å². The molecule has 0 unspecified atom stereocenters. The van der Waals surface area contributed by atoms with Crippen LogP contribution in [0.25, 0.3) is 10.4 Å². The second-order valence-corrected chi connectivity index (χ2v) is 6.25. The van der Waals surface area contributed by atoms with Gasteiger partial charge in [-0.1, -0.05) is 18.2 Å². The number of primary amides is 1. The van der Waals surface area contributed by atoms with Gasteiger partial charge in [-0.15, -0.1) is 11.3 Å². The number of hydrogen-bond acceptors (Lipinski definition) is 3. The first-order valence-corrected chi connectivity index (χ1v) is 8.17. The zero-order chi connectivity index (χ0) is 17.8. The average Bonchev–Trinajstić information content (AvgIpc) is 3.06. The van der Waals surface area contributed by atoms with Crippen LogP contribution in [0.2, 0.25) is 0 Å². The summed E-state index contributed by atoms with van der Waals surface area (Å²) >= 11 is 1.21. The van der Waals surface area contributed by atoms with Crippen molar-refractivity contribution in [3.63, 3.8) is 0 Å². The van der Waals surface area contributed by atoms with Crippen molar-refractivity contribution >= 4 is 34.6 Å². The Kier molecular flexibility index (Phi) is 4.76. The van der Waals surface area contributed by atoms with Gasteiger partial charge in [-0.05, 0) is 42.5 Å². The Bertz CT molecular complexity index is 922. The summed E-state index contributed by atoms with van der Waals surface area (Å²) in [6.45, 7) is 0. The number of amides is 3. The molecular formula is C18H14FN3O2S. The van der Waals surface area contributed by atoms with Gasteiger partial charge < -0.3 is 16.4 Å². The molecule has 4 N–H and O–H groups in total. The van der Waals surface area contributed by atoms with Crippen molar-refractivity contribution in [2.45, 2.75) is 0 Å². The fraction of sp³-hybridized carbons (Fsp3) is 0. The van der Waals surface area contributed by atoms with Gasteiger partial charge >= 0.3 is 6.03 Å². The molecule has 0 radical (unpaired) electrons. The predicted molar refractivity (Wildman–Crippen MR) is 97.3 cm³/mol. The number of nitrogens with one attached hydrogen (secondary N) is 2. The normalized spacial score (nSPS) is 10.3. The first kappa shape index (κ1) is 16.7. The number of hydrogen-bond donors (Lipinski definition) is 3. The number of thiophene rings is 1. The fourth-order valence-electron chi connectivity index (χ4n) is 2.24. The number of carbonyl (C=O) groups is 2. The van der Waals surface area contributed by atoms with Crippen LogP contribution in [0.5, 0.6) is 0 Å². The van der Waals surface area contributed by atoms with Gasteiger partial charge in [-0.25, -0.2) is 9.18 Å². The van der Waals surface area contributed by atoms with Gasteiger partial charge in [0, 0.05) is 21.8 Å². The number of carbonyl (C=O) groups excluding carboxylic acids is 2. The summed E-state index contributed by atoms with van der Waals surface area (Å²) in [4.78, 5) is 24.3. The summed E-state index contributed by atoms with van der Waals surface area (Å²) in [5.74, 6) is -0.614. The second-order valence-electron chi connectivity index (χ2n) is 5.16. The summed E-state index contributed by atoms with van der Waals surface area (Å²) in [5.41, 5.74) is 6.60. The third-order valence-electron chi connectivity index (χ3n) is 3.38. The van der Waals surface area contributed by atoms with E-state index in [1.165, 1.54) is 17.4 Å². The Morgan fingerprint density at radius 3 is 2.16 bits per heavy atom. The maximum Gasteiger partial charge on any atom is 0.316 e. The lowest BCUT2D eigenvalue weighted by atomic mass is 10.2. The zero-order valence-electron chi connectivity index (χ0n) is 13.0. The Balaban J connectivity index is 1.72. The topological polar surface area (TPSA) is 84.2 Å². The van der Waals surface area contributed by atoms with E-state index in [2.05, 4.69) is 10.6 Å². The summed E-state index contributed by atoms with van der Waals surface area (Å²) in [6.07, 6.45) is 0. The Hall–Kier alpha value is -3.19. The number of anilines is 2. The van der Waals surface area contributed by atoms with Gasteiger partial charge in [0.25, 0.3) is 5.91 Å². The number of halogens is 1. The minimum absolute atomic E-state index is 0.289. The molecule has 3 amide bonds. The lowest BCUT2D eigenvalue weighted by molar-refractivity contribution is 0.103. The number of rotatable bonds is 4. The lowest BCUT2D eigenvalue weighted by Gasteiger charge is -2.05. The van der Waals surface area contributed by atoms with Crippen LogP contribution in [0.1, 0.15) is 9.67 Å². The van der Waals surface area contributed by atoms with Gasteiger partial charge in [0.05, 0.1) is 4.88 Å². The van der Waals surface area contributed by atoms with Crippen LogP contribution in [-0.4, -0.2) is 11.9 Å². The van der Waals surface area contributed by atoms with Gasteiger partial charge in [-0.3, -0.25) is 4.79 Å². The van der Waals surface area contributed by atoms with E-state index in [0.29, 0.717) is 26.7 Å². The Morgan fingerprint density at radius 1 is 0.880 bits per heavy atom. The highest BCUT2D eigenvalue weighted by Gasteiger charge is 2.12. The van der Waals surface area contributed by atoms with E-state index >= 15 is 0 Å². The van der Waals surface area contributed by atoms with E-state index in [-0.39, 0.29) is 11.7 Å². The monoisotopic (exact) mass is 355 g/mol. The van der Waals surface area contributed by atoms with Crippen LogP contribution in [-0.2, 0) is 0 Å². The van der Waals surface area contributed by atoms with E-state index < -0.39 is 6.03 Å². The van der Waals surface area contributed by atoms with Crippen molar-refractivity contribution < 1.29 is 14.0 Å². The van der Waals surface area contributed by atoms with Gasteiger partial charge in [-0.2, -0.15) is 0 Å². The molecule has 7 heteroatoms. The smallest absolute Gasteiger partial charge is 0.316 e. The first-order valence-electron chi connectivity index (χ1n) is 7.35. The third kappa shape index (κ3) is 4.02. The van der Waals surface area contributed by atoms with Crippen molar-refractivity contribution in [3.05, 3.63) is 71.4 Å². The summed E-state index contributed by atoms with van der Waals surface area (Å²) in [5, 5.41) is 5.19. The van der Waals surface area contributed by atoms with Gasteiger partial charge in [0.1, 0.15) is 5.82 Å². The summed E-state index contributed by atoms with van der Waals surface area (Å²) in [7, 11) is 0. The summed E-state index contributed by atoms with van der Waals surface area (Å²) in [6, 6.07) is 15.7. The molecule has 0 bridgehead atoms. The minimum Gasteiger partial charge on any atom is -0.351 e. The Labute approximate surface area is 147 Å². The van der Waals surface area contributed by atoms with E-state index in [1.54, 1.807) is 54.6 Å². The summed E-state index contributed by atoms with van der Waals surface area (Å²) < 4.78 is 13.8. The average molecular weight is 355 g/mol. The zero-order valence-corrected chi connectivity index (χ0v) is 13.8. The molecular weight excluding hydrogens is 341 g/mol. The van der Waals surface area contributed by atoms with E-state index in [1.807, 2.05) is 0 Å². The highest BCUT2D eigenvalue weighted by Crippen LogP contribution is 2.30. The quantitative estimate of drug-likeness (QED) is 0.652. The van der Waals surface area contributed by atoms with E-state index in [9.17, 15) is 14.0 Å². The first-order chi connectivity index (χ1) is 12.0. The molecule has 0 aliphatic heterocycles. The maximum absolute atomic E-state index is 13.8. The molecule has 1 heterocycles. The molecule has 0 atom stereocenters. The molecule has 3 aromatic rings. The van der Waals surface area contributed by atoms with Crippen LogP contribution in [0, 0.1) is 5.82 Å². The minimum atomic E-state index is -0.656. The van der Waals surface area contributed by atoms with E-state index in [0.717, 1.165) is 0 Å². The molecule has 5 nitrogen and oxygen atoms in total. The number of benzene rings is 2. The molecule has 126 valence electrons. The molecule has 3 rings (SSSR count). The van der Waals surface area contributed by atoms with Crippen molar-refractivity contribution in [3.8, 4) is 10.4 Å². The van der Waals surface area contributed by atoms with Crippen molar-refractivity contribution in [1.82, 2.24) is 0 Å². The van der Waals surface area contributed by atoms with Crippen LogP contribution in [0.15, 0.2) is 60.7 Å². The molecule has 0 saturated carbocycles. The molecule has 0 aliphatic rings. The van der Waals surface area contributed by atoms with Crippen molar-refractivity contribution in [1.29, 1.82) is 0 Å². The van der Waals surface area contributed by atoms with Gasteiger partial charge in [0.15, 0.2) is 0 Å². The third-order valence-corrected chi connectivity index (χ3v) is 4.50. The predicted octanol–water partition coefficient (Wildman–Crippen LogP) is 4.30. The molecule has 1 aromatic heterocycles. The Morgan fingerprint density at radius 2 is 1.52 bits per heavy atom. The van der Waals surface area contributed by atoms with E-state index in [4.69, 9.17) is 5.73 Å². The maximum atomic E-state index is 13.8. The molecule has 0 saturated heterocycles. The lowest BCUT2D eigenvalue weighted by Crippen LogP contribution is -2.19. The molecule has 0 spiro atoms. The van der Waals surface area contributed by atoms with Crippen LogP contribution >= 0.6 is 11.3 Å². The highest BCUT2D eigenvalue weighted by molar-refractivity contribution is 7.17. The molecule has 0 fully saturated rings. The highest BCUT2D eigenvalue weighted by atomic mass is 32.1. The largest absolute Gasteiger partial charge is 0.351 e. The number of nitrogens with two attached hydrogens (primary N) is 1. The van der Waals surface area contributed by atoms with Crippen molar-refractivity contribution in [2.75, 3.05) is 10.6 Å². The van der Waals surface area contributed by atoms with Gasteiger partial charge in [0.2, 0.25) is 0 Å². The SMILES string of the molecule is NC(=O)Nc1ccc(NC(=O)c2ccc(-c3ccccc3F)s2)cc1. The molecule has 25 heavy (non-hydrogen) atoms. The fourth-order valence-corrected chi connectivity index (χ4v) is 3.17. The van der Waals surface area contributed by atoms with Crippen LogP contribution in [0.3, 0.4) is 0 Å². The van der Waals surface area contributed by atoms with Crippen LogP contribution in [0.4, 0.5) is 20.6 Å². The standard InChI is InChI=1S/C18H14FN3O2S/c19-14-4-2-1-3-13(14)15-9-10-16(25-15)17(23)21-11-5-7-12(8-6-11)22-18(20)24/h1-10H,(H,21,23)(H3,20,22,24).